The van der Waals surface area contributed by atoms with Crippen molar-refractivity contribution in [2.75, 3.05) is 24.5 Å². The molecule has 1 aromatic heterocycles. The van der Waals surface area contributed by atoms with Gasteiger partial charge in [0.05, 0.1) is 10.4 Å². The first-order valence-electron chi connectivity index (χ1n) is 7.59. The number of rotatable bonds is 3. The number of hydrogen-bond acceptors (Lipinski definition) is 5. The quantitative estimate of drug-likeness (QED) is 0.695. The summed E-state index contributed by atoms with van der Waals surface area (Å²) in [6.45, 7) is 4.49. The monoisotopic (exact) mass is 300 g/mol. The van der Waals surface area contributed by atoms with Crippen LogP contribution in [0, 0.1) is 23.0 Å². The fraction of sp³-hybridized carbons (Fsp3) is 0.438. The van der Waals surface area contributed by atoms with Crippen molar-refractivity contribution in [3.05, 3.63) is 40.1 Å². The molecule has 2 N–H and O–H groups in total. The van der Waals surface area contributed by atoms with Crippen LogP contribution >= 0.6 is 0 Å². The van der Waals surface area contributed by atoms with Crippen molar-refractivity contribution in [3.8, 4) is 0 Å². The van der Waals surface area contributed by atoms with Crippen LogP contribution in [0.3, 0.4) is 0 Å². The van der Waals surface area contributed by atoms with E-state index in [9.17, 15) is 10.1 Å². The standard InChI is InChI=1S/C16H20N4O2/c1-11-7-16(19-6-2-3-12(9-17)10-19)14-8-13(20(21)22)4-5-15(14)18-11/h4-5,7-8,12H,2-3,6,9-10,17H2,1H3. The first-order valence-corrected chi connectivity index (χ1v) is 7.59. The number of nitro groups is 1. The molecule has 1 unspecified atom stereocenters. The molecule has 1 saturated heterocycles. The third kappa shape index (κ3) is 2.74. The summed E-state index contributed by atoms with van der Waals surface area (Å²) in [6.07, 6.45) is 2.24. The van der Waals surface area contributed by atoms with Crippen molar-refractivity contribution in [1.29, 1.82) is 0 Å². The average molecular weight is 300 g/mol. The van der Waals surface area contributed by atoms with E-state index in [0.717, 1.165) is 48.2 Å². The molecule has 2 aromatic rings. The number of aryl methyl sites for hydroxylation is 1. The highest BCUT2D eigenvalue weighted by Crippen LogP contribution is 2.32. The van der Waals surface area contributed by atoms with Crippen LogP contribution in [0.15, 0.2) is 24.3 Å². The molecule has 6 heteroatoms. The number of nitro benzene ring substituents is 1. The highest BCUT2D eigenvalue weighted by atomic mass is 16.6. The predicted molar refractivity (Wildman–Crippen MR) is 87.1 cm³/mol. The van der Waals surface area contributed by atoms with E-state index in [2.05, 4.69) is 9.88 Å². The Bertz CT molecular complexity index is 717. The van der Waals surface area contributed by atoms with Crippen LogP contribution in [-0.4, -0.2) is 29.5 Å². The van der Waals surface area contributed by atoms with Gasteiger partial charge >= 0.3 is 0 Å². The molecule has 1 atom stereocenters. The van der Waals surface area contributed by atoms with Gasteiger partial charge in [0.2, 0.25) is 0 Å². The van der Waals surface area contributed by atoms with Crippen LogP contribution in [0.2, 0.25) is 0 Å². The summed E-state index contributed by atoms with van der Waals surface area (Å²) in [4.78, 5) is 17.5. The van der Waals surface area contributed by atoms with Crippen LogP contribution in [0.25, 0.3) is 10.9 Å². The van der Waals surface area contributed by atoms with Crippen molar-refractivity contribution < 1.29 is 4.92 Å². The molecule has 0 aliphatic carbocycles. The molecule has 1 aliphatic rings. The molecule has 0 radical (unpaired) electrons. The molecule has 2 heterocycles. The van der Waals surface area contributed by atoms with Crippen molar-refractivity contribution in [2.45, 2.75) is 19.8 Å². The molecule has 0 bridgehead atoms. The third-order valence-corrected chi connectivity index (χ3v) is 4.30. The van der Waals surface area contributed by atoms with Gasteiger partial charge in [0.15, 0.2) is 0 Å². The smallest absolute Gasteiger partial charge is 0.270 e. The zero-order chi connectivity index (χ0) is 15.7. The van der Waals surface area contributed by atoms with E-state index in [4.69, 9.17) is 5.73 Å². The molecule has 0 spiro atoms. The number of non-ortho nitro benzene ring substituents is 1. The number of pyridine rings is 1. The molecule has 116 valence electrons. The van der Waals surface area contributed by atoms with Gasteiger partial charge < -0.3 is 10.6 Å². The lowest BCUT2D eigenvalue weighted by atomic mass is 9.97. The number of piperidine rings is 1. The second-order valence-electron chi connectivity index (χ2n) is 5.93. The minimum absolute atomic E-state index is 0.104. The third-order valence-electron chi connectivity index (χ3n) is 4.30. The van der Waals surface area contributed by atoms with E-state index in [1.54, 1.807) is 12.1 Å². The molecular formula is C16H20N4O2. The molecule has 22 heavy (non-hydrogen) atoms. The van der Waals surface area contributed by atoms with Gasteiger partial charge in [-0.25, -0.2) is 0 Å². The van der Waals surface area contributed by atoms with Gasteiger partial charge in [0.25, 0.3) is 5.69 Å². The Morgan fingerprint density at radius 2 is 2.27 bits per heavy atom. The summed E-state index contributed by atoms with van der Waals surface area (Å²) in [5.74, 6) is 0.482. The van der Waals surface area contributed by atoms with Crippen LogP contribution < -0.4 is 10.6 Å². The van der Waals surface area contributed by atoms with E-state index < -0.39 is 0 Å². The second-order valence-corrected chi connectivity index (χ2v) is 5.93. The second kappa shape index (κ2) is 5.88. The van der Waals surface area contributed by atoms with Crippen LogP contribution in [-0.2, 0) is 0 Å². The number of benzene rings is 1. The van der Waals surface area contributed by atoms with E-state index in [-0.39, 0.29) is 10.6 Å². The Morgan fingerprint density at radius 3 is 3.00 bits per heavy atom. The summed E-state index contributed by atoms with van der Waals surface area (Å²) in [6, 6.07) is 6.89. The van der Waals surface area contributed by atoms with Crippen LogP contribution in [0.4, 0.5) is 11.4 Å². The zero-order valence-corrected chi connectivity index (χ0v) is 12.7. The minimum Gasteiger partial charge on any atom is -0.371 e. The molecule has 6 nitrogen and oxygen atoms in total. The number of fused-ring (bicyclic) bond motifs is 1. The molecule has 1 fully saturated rings. The maximum atomic E-state index is 11.1. The Hall–Kier alpha value is -2.21. The van der Waals surface area contributed by atoms with Gasteiger partial charge in [-0.3, -0.25) is 15.1 Å². The molecule has 0 saturated carbocycles. The van der Waals surface area contributed by atoms with E-state index in [0.29, 0.717) is 12.5 Å². The van der Waals surface area contributed by atoms with Gasteiger partial charge in [0, 0.05) is 42.0 Å². The van der Waals surface area contributed by atoms with Crippen molar-refractivity contribution in [1.82, 2.24) is 4.98 Å². The topological polar surface area (TPSA) is 85.3 Å². The normalized spacial score (nSPS) is 18.6. The highest BCUT2D eigenvalue weighted by Gasteiger charge is 2.21. The predicted octanol–water partition coefficient (Wildman–Crippen LogP) is 2.63. The lowest BCUT2D eigenvalue weighted by Crippen LogP contribution is -2.38. The van der Waals surface area contributed by atoms with Gasteiger partial charge in [-0.1, -0.05) is 0 Å². The molecular weight excluding hydrogens is 280 g/mol. The number of nitrogens with zero attached hydrogens (tertiary/aromatic N) is 3. The summed E-state index contributed by atoms with van der Waals surface area (Å²) in [5.41, 5.74) is 8.68. The fourth-order valence-corrected chi connectivity index (χ4v) is 3.18. The van der Waals surface area contributed by atoms with Gasteiger partial charge in [-0.05, 0) is 44.4 Å². The van der Waals surface area contributed by atoms with Gasteiger partial charge in [0.1, 0.15) is 0 Å². The Balaban J connectivity index is 2.10. The average Bonchev–Trinajstić information content (AvgIpc) is 2.53. The first kappa shape index (κ1) is 14.7. The van der Waals surface area contributed by atoms with E-state index in [1.807, 2.05) is 13.0 Å². The highest BCUT2D eigenvalue weighted by molar-refractivity contribution is 5.93. The minimum atomic E-state index is -0.359. The SMILES string of the molecule is Cc1cc(N2CCCC(CN)C2)c2cc([N+](=O)[O-])ccc2n1. The number of nitrogens with two attached hydrogens (primary N) is 1. The maximum Gasteiger partial charge on any atom is 0.270 e. The summed E-state index contributed by atoms with van der Waals surface area (Å²) in [7, 11) is 0. The fourth-order valence-electron chi connectivity index (χ4n) is 3.18. The Labute approximate surface area is 129 Å². The van der Waals surface area contributed by atoms with Gasteiger partial charge in [-0.2, -0.15) is 0 Å². The summed E-state index contributed by atoms with van der Waals surface area (Å²) >= 11 is 0. The molecule has 0 amide bonds. The van der Waals surface area contributed by atoms with Crippen molar-refractivity contribution in [3.63, 3.8) is 0 Å². The number of hydrogen-bond donors (Lipinski definition) is 1. The van der Waals surface area contributed by atoms with Crippen LogP contribution in [0.1, 0.15) is 18.5 Å². The maximum absolute atomic E-state index is 11.1. The van der Waals surface area contributed by atoms with E-state index in [1.165, 1.54) is 6.07 Å². The Morgan fingerprint density at radius 1 is 1.45 bits per heavy atom. The molecule has 1 aromatic carbocycles. The largest absolute Gasteiger partial charge is 0.371 e. The summed E-state index contributed by atoms with van der Waals surface area (Å²) in [5, 5.41) is 11.9. The lowest BCUT2D eigenvalue weighted by Gasteiger charge is -2.34. The summed E-state index contributed by atoms with van der Waals surface area (Å²) < 4.78 is 0. The van der Waals surface area contributed by atoms with E-state index >= 15 is 0 Å². The molecule has 1 aliphatic heterocycles. The zero-order valence-electron chi connectivity index (χ0n) is 12.7. The lowest BCUT2D eigenvalue weighted by molar-refractivity contribution is -0.384. The Kier molecular flexibility index (Phi) is 3.94. The van der Waals surface area contributed by atoms with Crippen LogP contribution in [0.5, 0.6) is 0 Å². The number of aromatic nitrogens is 1. The molecule has 3 rings (SSSR count). The first-order chi connectivity index (χ1) is 10.6. The van der Waals surface area contributed by atoms with Crippen molar-refractivity contribution >= 4 is 22.3 Å². The van der Waals surface area contributed by atoms with Gasteiger partial charge in [-0.15, -0.1) is 0 Å². The number of anilines is 1. The van der Waals surface area contributed by atoms with Crippen molar-refractivity contribution in [2.24, 2.45) is 11.7 Å².